The molecule has 0 fully saturated rings. The van der Waals surface area contributed by atoms with Gasteiger partial charge in [0.2, 0.25) is 0 Å². The van der Waals surface area contributed by atoms with Crippen molar-refractivity contribution in [2.75, 3.05) is 6.54 Å². The van der Waals surface area contributed by atoms with Gasteiger partial charge in [0.25, 0.3) is 0 Å². The molecule has 0 saturated heterocycles. The van der Waals surface area contributed by atoms with E-state index >= 15 is 0 Å². The van der Waals surface area contributed by atoms with E-state index in [1.54, 1.807) is 24.8 Å². The van der Waals surface area contributed by atoms with E-state index in [0.717, 1.165) is 43.0 Å². The average Bonchev–Trinajstić information content (AvgIpc) is 3.46. The highest BCUT2D eigenvalue weighted by Crippen LogP contribution is 2.12. The van der Waals surface area contributed by atoms with Crippen LogP contribution >= 0.6 is 0 Å². The van der Waals surface area contributed by atoms with Crippen molar-refractivity contribution in [3.63, 3.8) is 0 Å². The van der Waals surface area contributed by atoms with Crippen LogP contribution in [0.15, 0.2) is 67.3 Å². The van der Waals surface area contributed by atoms with Crippen molar-refractivity contribution in [2.45, 2.75) is 38.9 Å². The first-order valence-corrected chi connectivity index (χ1v) is 10.5. The van der Waals surface area contributed by atoms with E-state index in [9.17, 15) is 4.39 Å². The maximum atomic E-state index is 13.2. The highest BCUT2D eigenvalue weighted by Gasteiger charge is 2.14. The summed E-state index contributed by atoms with van der Waals surface area (Å²) in [5.41, 5.74) is 2.37. The van der Waals surface area contributed by atoms with Crippen molar-refractivity contribution < 1.29 is 4.39 Å². The van der Waals surface area contributed by atoms with Gasteiger partial charge < -0.3 is 9.55 Å². The highest BCUT2D eigenvalue weighted by molar-refractivity contribution is 5.17. The number of rotatable bonds is 11. The minimum Gasteiger partial charge on any atom is -0.330 e. The van der Waals surface area contributed by atoms with Crippen LogP contribution in [0.2, 0.25) is 0 Å². The number of hydrogen-bond donors (Lipinski definition) is 1. The van der Waals surface area contributed by atoms with Gasteiger partial charge in [0, 0.05) is 0 Å². The van der Waals surface area contributed by atoms with Crippen molar-refractivity contribution in [2.24, 2.45) is 0 Å². The molecular formula is C23H26FN7. The number of aromatic amines is 1. The highest BCUT2D eigenvalue weighted by atomic mass is 19.1. The molecule has 0 aliphatic heterocycles. The molecule has 1 N–H and O–H groups in total. The van der Waals surface area contributed by atoms with Gasteiger partial charge in [-0.3, -0.25) is 4.90 Å². The Bertz CT molecular complexity index is 1030. The second kappa shape index (κ2) is 10.6. The van der Waals surface area contributed by atoms with Crippen LogP contribution in [-0.2, 0) is 26.1 Å². The minimum atomic E-state index is -0.235. The number of H-pyrrole nitrogens is 1. The predicted molar refractivity (Wildman–Crippen MR) is 115 cm³/mol. The van der Waals surface area contributed by atoms with E-state index in [4.69, 9.17) is 0 Å². The Morgan fingerprint density at radius 2 is 1.71 bits per heavy atom. The second-order valence-electron chi connectivity index (χ2n) is 7.59. The molecule has 0 spiro atoms. The SMILES string of the molecule is Fc1ccc(Cn2cnnc2CN(CCCCc2ccccc2)Cc2nnc[nH]2)cc1. The smallest absolute Gasteiger partial charge is 0.147 e. The summed E-state index contributed by atoms with van der Waals surface area (Å²) < 4.78 is 15.2. The van der Waals surface area contributed by atoms with E-state index < -0.39 is 0 Å². The largest absolute Gasteiger partial charge is 0.330 e. The number of aromatic nitrogens is 6. The summed E-state index contributed by atoms with van der Waals surface area (Å²) in [6.07, 6.45) is 6.56. The summed E-state index contributed by atoms with van der Waals surface area (Å²) in [6.45, 7) is 2.83. The number of nitrogens with one attached hydrogen (secondary N) is 1. The monoisotopic (exact) mass is 419 g/mol. The summed E-state index contributed by atoms with van der Waals surface area (Å²) in [5.74, 6) is 1.46. The van der Waals surface area contributed by atoms with E-state index in [0.29, 0.717) is 19.6 Å². The molecule has 2 aromatic carbocycles. The normalized spacial score (nSPS) is 11.3. The molecule has 2 heterocycles. The number of hydrogen-bond acceptors (Lipinski definition) is 5. The fourth-order valence-electron chi connectivity index (χ4n) is 3.56. The molecule has 4 aromatic rings. The molecule has 0 amide bonds. The first-order chi connectivity index (χ1) is 15.3. The Morgan fingerprint density at radius 1 is 0.871 bits per heavy atom. The fraction of sp³-hybridized carbons (Fsp3) is 0.304. The van der Waals surface area contributed by atoms with Crippen molar-refractivity contribution in [3.8, 4) is 0 Å². The standard InChI is InChI=1S/C23H26FN7/c24-21-11-9-20(10-12-21)14-31-18-27-29-23(31)16-30(15-22-25-17-26-28-22)13-5-4-8-19-6-2-1-3-7-19/h1-3,6-7,9-12,17-18H,4-5,8,13-16H2,(H,25,26,28). The zero-order chi connectivity index (χ0) is 21.3. The molecule has 7 nitrogen and oxygen atoms in total. The van der Waals surface area contributed by atoms with Crippen LogP contribution in [0, 0.1) is 5.82 Å². The third-order valence-electron chi connectivity index (χ3n) is 5.20. The zero-order valence-corrected chi connectivity index (χ0v) is 17.4. The Morgan fingerprint density at radius 3 is 2.48 bits per heavy atom. The molecule has 0 atom stereocenters. The van der Waals surface area contributed by atoms with Gasteiger partial charge in [0.1, 0.15) is 30.1 Å². The van der Waals surface area contributed by atoms with Crippen LogP contribution in [0.3, 0.4) is 0 Å². The second-order valence-corrected chi connectivity index (χ2v) is 7.59. The van der Waals surface area contributed by atoms with Gasteiger partial charge in [-0.1, -0.05) is 42.5 Å². The Labute approximate surface area is 181 Å². The summed E-state index contributed by atoms with van der Waals surface area (Å²) in [6, 6.07) is 17.1. The van der Waals surface area contributed by atoms with Crippen LogP contribution in [0.1, 0.15) is 35.6 Å². The summed E-state index contributed by atoms with van der Waals surface area (Å²) in [7, 11) is 0. The van der Waals surface area contributed by atoms with Crippen LogP contribution < -0.4 is 0 Å². The molecule has 0 bridgehead atoms. The lowest BCUT2D eigenvalue weighted by atomic mass is 10.1. The molecule has 160 valence electrons. The minimum absolute atomic E-state index is 0.235. The van der Waals surface area contributed by atoms with Crippen LogP contribution in [-0.4, -0.2) is 41.4 Å². The third-order valence-corrected chi connectivity index (χ3v) is 5.20. The number of benzene rings is 2. The Hall–Kier alpha value is -3.39. The van der Waals surface area contributed by atoms with Crippen molar-refractivity contribution in [1.29, 1.82) is 0 Å². The van der Waals surface area contributed by atoms with Gasteiger partial charge >= 0.3 is 0 Å². The maximum Gasteiger partial charge on any atom is 0.147 e. The van der Waals surface area contributed by atoms with Crippen molar-refractivity contribution in [1.82, 2.24) is 34.8 Å². The van der Waals surface area contributed by atoms with E-state index in [1.807, 2.05) is 10.6 Å². The van der Waals surface area contributed by atoms with Crippen molar-refractivity contribution in [3.05, 3.63) is 95.8 Å². The summed E-state index contributed by atoms with van der Waals surface area (Å²) >= 11 is 0. The van der Waals surface area contributed by atoms with Crippen LogP contribution in [0.25, 0.3) is 0 Å². The fourth-order valence-corrected chi connectivity index (χ4v) is 3.56. The first kappa shape index (κ1) is 20.9. The molecule has 0 aliphatic carbocycles. The zero-order valence-electron chi connectivity index (χ0n) is 17.4. The third kappa shape index (κ3) is 6.29. The van der Waals surface area contributed by atoms with Crippen LogP contribution in [0.5, 0.6) is 0 Å². The molecule has 0 radical (unpaired) electrons. The van der Waals surface area contributed by atoms with Gasteiger partial charge in [-0.25, -0.2) is 4.39 Å². The van der Waals surface area contributed by atoms with E-state index in [-0.39, 0.29) is 5.82 Å². The number of aryl methyl sites for hydroxylation is 1. The molecule has 0 saturated carbocycles. The van der Waals surface area contributed by atoms with Gasteiger partial charge in [0.15, 0.2) is 0 Å². The Kier molecular flexibility index (Phi) is 7.12. The quantitative estimate of drug-likeness (QED) is 0.376. The molecule has 8 heteroatoms. The topological polar surface area (TPSA) is 75.5 Å². The first-order valence-electron chi connectivity index (χ1n) is 10.5. The lowest BCUT2D eigenvalue weighted by Crippen LogP contribution is -2.26. The molecular weight excluding hydrogens is 393 g/mol. The average molecular weight is 420 g/mol. The Balaban J connectivity index is 1.37. The lowest BCUT2D eigenvalue weighted by Gasteiger charge is -2.21. The summed E-state index contributed by atoms with van der Waals surface area (Å²) in [4.78, 5) is 5.38. The van der Waals surface area contributed by atoms with Gasteiger partial charge in [-0.05, 0) is 49.1 Å². The molecule has 31 heavy (non-hydrogen) atoms. The molecule has 0 aliphatic rings. The van der Waals surface area contributed by atoms with Crippen molar-refractivity contribution >= 4 is 0 Å². The van der Waals surface area contributed by atoms with E-state index in [1.165, 1.54) is 17.7 Å². The van der Waals surface area contributed by atoms with E-state index in [2.05, 4.69) is 54.5 Å². The molecule has 4 rings (SSSR count). The molecule has 0 unspecified atom stereocenters. The summed E-state index contributed by atoms with van der Waals surface area (Å²) in [5, 5.41) is 16.5. The van der Waals surface area contributed by atoms with Crippen LogP contribution in [0.4, 0.5) is 4.39 Å². The maximum absolute atomic E-state index is 13.2. The van der Waals surface area contributed by atoms with Gasteiger partial charge in [-0.2, -0.15) is 0 Å². The number of halogens is 1. The predicted octanol–water partition coefficient (Wildman–Crippen LogP) is 3.61. The number of unbranched alkanes of at least 4 members (excludes halogenated alkanes) is 1. The lowest BCUT2D eigenvalue weighted by molar-refractivity contribution is 0.236. The number of nitrogens with zero attached hydrogens (tertiary/aromatic N) is 6. The van der Waals surface area contributed by atoms with Gasteiger partial charge in [0.05, 0.1) is 19.6 Å². The van der Waals surface area contributed by atoms with Gasteiger partial charge in [-0.15, -0.1) is 20.4 Å². The molecule has 2 aromatic heterocycles.